The lowest BCUT2D eigenvalue weighted by Crippen LogP contribution is -2.36. The van der Waals surface area contributed by atoms with Crippen molar-refractivity contribution in [1.29, 1.82) is 0 Å². The molecule has 0 aromatic heterocycles. The lowest BCUT2D eigenvalue weighted by atomic mass is 10.4. The van der Waals surface area contributed by atoms with Crippen LogP contribution in [0, 0.1) is 0 Å². The Morgan fingerprint density at radius 3 is 3.20 bits per heavy atom. The van der Waals surface area contributed by atoms with Crippen molar-refractivity contribution in [3.8, 4) is 0 Å². The first-order valence-corrected chi connectivity index (χ1v) is 3.30. The summed E-state index contributed by atoms with van der Waals surface area (Å²) in [6, 6.07) is 0. The number of nitrogens with one attached hydrogen (secondary N) is 2. The maximum atomic E-state index is 10.5. The maximum Gasteiger partial charge on any atom is 0.191 e. The van der Waals surface area contributed by atoms with E-state index in [0.717, 1.165) is 19.0 Å². The molecule has 0 bridgehead atoms. The van der Waals surface area contributed by atoms with Crippen molar-refractivity contribution in [1.82, 2.24) is 10.6 Å². The Kier molecular flexibility index (Phi) is 2.25. The molecule has 10 heavy (non-hydrogen) atoms. The van der Waals surface area contributed by atoms with Gasteiger partial charge in [-0.3, -0.25) is 9.79 Å². The van der Waals surface area contributed by atoms with Crippen LogP contribution in [0.25, 0.3) is 0 Å². The third-order valence-corrected chi connectivity index (χ3v) is 1.18. The van der Waals surface area contributed by atoms with Gasteiger partial charge in [0.15, 0.2) is 5.96 Å². The second kappa shape index (κ2) is 3.20. The van der Waals surface area contributed by atoms with Crippen LogP contribution in [0.15, 0.2) is 4.99 Å². The van der Waals surface area contributed by atoms with Crippen molar-refractivity contribution in [2.45, 2.75) is 6.92 Å². The molecule has 4 nitrogen and oxygen atoms in total. The lowest BCUT2D eigenvalue weighted by Gasteiger charge is -2.01. The van der Waals surface area contributed by atoms with Gasteiger partial charge in [-0.1, -0.05) is 0 Å². The topological polar surface area (TPSA) is 53.5 Å². The smallest absolute Gasteiger partial charge is 0.191 e. The minimum atomic E-state index is 0.122. The van der Waals surface area contributed by atoms with Crippen LogP contribution in [-0.4, -0.2) is 31.4 Å². The molecule has 0 saturated carbocycles. The first-order chi connectivity index (χ1) is 4.79. The van der Waals surface area contributed by atoms with Crippen LogP contribution in [0.3, 0.4) is 0 Å². The molecule has 2 N–H and O–H groups in total. The van der Waals surface area contributed by atoms with Gasteiger partial charge < -0.3 is 10.6 Å². The van der Waals surface area contributed by atoms with E-state index < -0.39 is 0 Å². The Morgan fingerprint density at radius 1 is 1.90 bits per heavy atom. The third kappa shape index (κ3) is 2.05. The zero-order chi connectivity index (χ0) is 7.40. The fourth-order valence-corrected chi connectivity index (χ4v) is 0.725. The van der Waals surface area contributed by atoms with Crippen molar-refractivity contribution < 1.29 is 4.79 Å². The normalized spacial score (nSPS) is 15.9. The van der Waals surface area contributed by atoms with Gasteiger partial charge in [0.25, 0.3) is 0 Å². The first kappa shape index (κ1) is 7.05. The Labute approximate surface area is 59.7 Å². The van der Waals surface area contributed by atoms with E-state index in [1.165, 1.54) is 0 Å². The van der Waals surface area contributed by atoms with Crippen LogP contribution < -0.4 is 10.6 Å². The van der Waals surface area contributed by atoms with E-state index in [0.29, 0.717) is 6.54 Å². The van der Waals surface area contributed by atoms with E-state index in [2.05, 4.69) is 15.6 Å². The van der Waals surface area contributed by atoms with Crippen LogP contribution in [0.1, 0.15) is 6.92 Å². The molecule has 0 fully saturated rings. The number of guanidine groups is 1. The average Bonchev–Trinajstić information content (AvgIpc) is 2.34. The molecule has 1 rings (SSSR count). The summed E-state index contributed by atoms with van der Waals surface area (Å²) in [7, 11) is 0. The highest BCUT2D eigenvalue weighted by atomic mass is 16.1. The summed E-state index contributed by atoms with van der Waals surface area (Å²) < 4.78 is 0. The van der Waals surface area contributed by atoms with E-state index in [9.17, 15) is 4.79 Å². The summed E-state index contributed by atoms with van der Waals surface area (Å²) in [5.41, 5.74) is 0. The number of aliphatic imine (C=N–C) groups is 1. The van der Waals surface area contributed by atoms with Gasteiger partial charge in [0.1, 0.15) is 5.78 Å². The highest BCUT2D eigenvalue weighted by molar-refractivity contribution is 5.86. The fourth-order valence-electron chi connectivity index (χ4n) is 0.725. The minimum absolute atomic E-state index is 0.122. The van der Waals surface area contributed by atoms with Gasteiger partial charge in [0.05, 0.1) is 13.1 Å². The SMILES string of the molecule is CC(=O)CNC1=NCCN1. The van der Waals surface area contributed by atoms with E-state index in [4.69, 9.17) is 0 Å². The number of hydrogen-bond donors (Lipinski definition) is 2. The Balaban J connectivity index is 2.19. The predicted molar refractivity (Wildman–Crippen MR) is 39.0 cm³/mol. The lowest BCUT2D eigenvalue weighted by molar-refractivity contribution is -0.115. The standard InChI is InChI=1S/C6H11N3O/c1-5(10)4-9-6-7-2-3-8-6/h2-4H2,1H3,(H2,7,8,9). The highest BCUT2D eigenvalue weighted by Gasteiger charge is 2.03. The summed E-state index contributed by atoms with van der Waals surface area (Å²) >= 11 is 0. The highest BCUT2D eigenvalue weighted by Crippen LogP contribution is 1.79. The van der Waals surface area contributed by atoms with Gasteiger partial charge in [-0.25, -0.2) is 0 Å². The van der Waals surface area contributed by atoms with Gasteiger partial charge in [0, 0.05) is 6.54 Å². The van der Waals surface area contributed by atoms with E-state index in [-0.39, 0.29) is 5.78 Å². The van der Waals surface area contributed by atoms with Gasteiger partial charge in [-0.2, -0.15) is 0 Å². The molecule has 0 saturated heterocycles. The van der Waals surface area contributed by atoms with Gasteiger partial charge in [-0.05, 0) is 6.92 Å². The van der Waals surface area contributed by atoms with Gasteiger partial charge >= 0.3 is 0 Å². The monoisotopic (exact) mass is 141 g/mol. The molecule has 1 heterocycles. The van der Waals surface area contributed by atoms with E-state index in [1.54, 1.807) is 6.92 Å². The Morgan fingerprint density at radius 2 is 2.70 bits per heavy atom. The summed E-state index contributed by atoms with van der Waals surface area (Å²) in [6.07, 6.45) is 0. The van der Waals surface area contributed by atoms with Crippen LogP contribution in [-0.2, 0) is 4.79 Å². The van der Waals surface area contributed by atoms with Crippen LogP contribution in [0.5, 0.6) is 0 Å². The average molecular weight is 141 g/mol. The van der Waals surface area contributed by atoms with Crippen molar-refractivity contribution in [3.63, 3.8) is 0 Å². The van der Waals surface area contributed by atoms with E-state index >= 15 is 0 Å². The molecule has 0 atom stereocenters. The number of carbonyl (C=O) groups is 1. The van der Waals surface area contributed by atoms with Crippen molar-refractivity contribution in [3.05, 3.63) is 0 Å². The van der Waals surface area contributed by atoms with Crippen LogP contribution in [0.2, 0.25) is 0 Å². The second-order valence-corrected chi connectivity index (χ2v) is 2.21. The summed E-state index contributed by atoms with van der Waals surface area (Å²) in [6.45, 7) is 3.59. The molecule has 0 aromatic carbocycles. The number of hydrogen-bond acceptors (Lipinski definition) is 4. The molecular weight excluding hydrogens is 130 g/mol. The summed E-state index contributed by atoms with van der Waals surface area (Å²) in [4.78, 5) is 14.5. The number of carbonyl (C=O) groups excluding carboxylic acids is 1. The first-order valence-electron chi connectivity index (χ1n) is 3.30. The zero-order valence-corrected chi connectivity index (χ0v) is 5.98. The predicted octanol–water partition coefficient (Wildman–Crippen LogP) is -0.876. The molecule has 0 spiro atoms. The molecule has 0 amide bonds. The second-order valence-electron chi connectivity index (χ2n) is 2.21. The molecule has 0 aliphatic carbocycles. The van der Waals surface area contributed by atoms with Gasteiger partial charge in [-0.15, -0.1) is 0 Å². The summed E-state index contributed by atoms with van der Waals surface area (Å²) in [5.74, 6) is 0.867. The molecule has 56 valence electrons. The van der Waals surface area contributed by atoms with E-state index in [1.807, 2.05) is 0 Å². The molecule has 1 aliphatic heterocycles. The molecule has 4 heteroatoms. The number of rotatable bonds is 2. The zero-order valence-electron chi connectivity index (χ0n) is 5.98. The summed E-state index contributed by atoms with van der Waals surface area (Å²) in [5, 5.41) is 5.87. The molecule has 1 aliphatic rings. The fraction of sp³-hybridized carbons (Fsp3) is 0.667. The molecule has 0 unspecified atom stereocenters. The molecular formula is C6H11N3O. The Bertz CT molecular complexity index is 164. The molecule has 0 radical (unpaired) electrons. The largest absolute Gasteiger partial charge is 0.355 e. The maximum absolute atomic E-state index is 10.5. The quantitative estimate of drug-likeness (QED) is 0.525. The minimum Gasteiger partial charge on any atom is -0.355 e. The van der Waals surface area contributed by atoms with Crippen LogP contribution >= 0.6 is 0 Å². The number of nitrogens with zero attached hydrogens (tertiary/aromatic N) is 1. The number of Topliss-reactive ketones (excluding diaryl/α,β-unsaturated/α-hetero) is 1. The third-order valence-electron chi connectivity index (χ3n) is 1.18. The van der Waals surface area contributed by atoms with Crippen molar-refractivity contribution >= 4 is 11.7 Å². The van der Waals surface area contributed by atoms with Crippen LogP contribution in [0.4, 0.5) is 0 Å². The Hall–Kier alpha value is -1.06. The van der Waals surface area contributed by atoms with Gasteiger partial charge in [0.2, 0.25) is 0 Å². The van der Waals surface area contributed by atoms with Crippen molar-refractivity contribution in [2.75, 3.05) is 19.6 Å². The van der Waals surface area contributed by atoms with Crippen molar-refractivity contribution in [2.24, 2.45) is 4.99 Å². The number of ketones is 1. The molecule has 0 aromatic rings.